The molecule has 3 nitrogen and oxygen atoms in total. The zero-order chi connectivity index (χ0) is 11.3. The van der Waals surface area contributed by atoms with Gasteiger partial charge >= 0.3 is 5.97 Å². The zero-order valence-electron chi connectivity index (χ0n) is 8.37. The van der Waals surface area contributed by atoms with Gasteiger partial charge in [0.15, 0.2) is 11.4 Å². The van der Waals surface area contributed by atoms with Crippen molar-refractivity contribution in [2.45, 2.75) is 18.8 Å². The molecule has 1 aromatic heterocycles. The molecule has 0 saturated heterocycles. The molecule has 0 aliphatic heterocycles. The Morgan fingerprint density at radius 3 is 2.81 bits per heavy atom. The maximum absolute atomic E-state index is 13.4. The lowest BCUT2D eigenvalue weighted by Crippen LogP contribution is -1.97. The molecule has 0 radical (unpaired) electrons. The van der Waals surface area contributed by atoms with Crippen LogP contribution in [-0.2, 0) is 0 Å². The Morgan fingerprint density at radius 2 is 2.19 bits per heavy atom. The van der Waals surface area contributed by atoms with Gasteiger partial charge in [-0.3, -0.25) is 0 Å². The minimum Gasteiger partial charge on any atom is -0.475 e. The molecule has 0 atom stereocenters. The average Bonchev–Trinajstić information content (AvgIpc) is 2.99. The Balaban J connectivity index is 2.37. The Labute approximate surface area is 90.5 Å². The van der Waals surface area contributed by atoms with Gasteiger partial charge in [-0.15, -0.1) is 0 Å². The molecule has 0 spiro atoms. The number of furan rings is 1. The number of rotatable bonds is 2. The van der Waals surface area contributed by atoms with Crippen LogP contribution in [0.3, 0.4) is 0 Å². The Bertz CT molecular complexity index is 581. The molecule has 1 heterocycles. The van der Waals surface area contributed by atoms with Crippen LogP contribution in [0.5, 0.6) is 0 Å². The largest absolute Gasteiger partial charge is 0.475 e. The third-order valence-corrected chi connectivity index (χ3v) is 2.89. The molecule has 1 aliphatic carbocycles. The number of benzene rings is 1. The van der Waals surface area contributed by atoms with Crippen molar-refractivity contribution in [3.63, 3.8) is 0 Å². The fourth-order valence-corrected chi connectivity index (χ4v) is 2.04. The number of aromatic carboxylic acids is 1. The number of halogens is 1. The van der Waals surface area contributed by atoms with Gasteiger partial charge in [0.05, 0.1) is 0 Å². The Kier molecular flexibility index (Phi) is 1.80. The topological polar surface area (TPSA) is 50.4 Å². The number of carboxylic acids is 1. The first-order valence-electron chi connectivity index (χ1n) is 5.12. The van der Waals surface area contributed by atoms with Crippen molar-refractivity contribution in [3.05, 3.63) is 35.3 Å². The van der Waals surface area contributed by atoms with Gasteiger partial charge < -0.3 is 9.52 Å². The molecular formula is C12H9FO3. The van der Waals surface area contributed by atoms with Crippen LogP contribution in [0.15, 0.2) is 22.6 Å². The second kappa shape index (κ2) is 3.07. The molecule has 1 aliphatic rings. The Hall–Kier alpha value is -1.84. The first kappa shape index (κ1) is 9.39. The smallest absolute Gasteiger partial charge is 0.372 e. The predicted molar refractivity (Wildman–Crippen MR) is 55.1 cm³/mol. The highest BCUT2D eigenvalue weighted by Crippen LogP contribution is 2.46. The highest BCUT2D eigenvalue weighted by Gasteiger charge is 2.33. The quantitative estimate of drug-likeness (QED) is 0.845. The summed E-state index contributed by atoms with van der Waals surface area (Å²) in [7, 11) is 0. The fraction of sp³-hybridized carbons (Fsp3) is 0.250. The van der Waals surface area contributed by atoms with Crippen LogP contribution in [0.4, 0.5) is 4.39 Å². The van der Waals surface area contributed by atoms with Crippen LogP contribution in [0, 0.1) is 5.82 Å². The fourth-order valence-electron chi connectivity index (χ4n) is 2.04. The van der Waals surface area contributed by atoms with Crippen molar-refractivity contribution in [1.29, 1.82) is 0 Å². The van der Waals surface area contributed by atoms with E-state index in [2.05, 4.69) is 0 Å². The van der Waals surface area contributed by atoms with Crippen molar-refractivity contribution in [2.75, 3.05) is 0 Å². The van der Waals surface area contributed by atoms with Crippen LogP contribution in [-0.4, -0.2) is 11.1 Å². The summed E-state index contributed by atoms with van der Waals surface area (Å²) in [5, 5.41) is 9.62. The van der Waals surface area contributed by atoms with Crippen LogP contribution in [0.1, 0.15) is 34.9 Å². The van der Waals surface area contributed by atoms with Crippen LogP contribution in [0.2, 0.25) is 0 Å². The minimum absolute atomic E-state index is 0.0572. The molecule has 0 amide bonds. The molecule has 1 saturated carbocycles. The lowest BCUT2D eigenvalue weighted by atomic mass is 10.1. The summed E-state index contributed by atoms with van der Waals surface area (Å²) in [6.45, 7) is 0. The maximum Gasteiger partial charge on any atom is 0.372 e. The van der Waals surface area contributed by atoms with Gasteiger partial charge in [0.1, 0.15) is 0 Å². The van der Waals surface area contributed by atoms with Crippen molar-refractivity contribution >= 4 is 16.9 Å². The summed E-state index contributed by atoms with van der Waals surface area (Å²) in [4.78, 5) is 11.0. The van der Waals surface area contributed by atoms with Gasteiger partial charge in [-0.05, 0) is 24.8 Å². The highest BCUT2D eigenvalue weighted by molar-refractivity contribution is 5.96. The molecule has 82 valence electrons. The molecule has 1 N–H and O–H groups in total. The van der Waals surface area contributed by atoms with Crippen molar-refractivity contribution in [2.24, 2.45) is 0 Å². The summed E-state index contributed by atoms with van der Waals surface area (Å²) in [5.74, 6) is -1.53. The van der Waals surface area contributed by atoms with Crippen molar-refractivity contribution < 1.29 is 18.7 Å². The average molecular weight is 220 g/mol. The monoisotopic (exact) mass is 220 g/mol. The molecule has 1 fully saturated rings. The lowest BCUT2D eigenvalue weighted by Gasteiger charge is -1.95. The minimum atomic E-state index is -1.13. The van der Waals surface area contributed by atoms with Crippen LogP contribution in [0.25, 0.3) is 11.0 Å². The van der Waals surface area contributed by atoms with E-state index in [1.165, 1.54) is 6.07 Å². The molecule has 3 rings (SSSR count). The van der Waals surface area contributed by atoms with Crippen LogP contribution < -0.4 is 0 Å². The molecule has 4 heteroatoms. The van der Waals surface area contributed by atoms with Gasteiger partial charge in [0.25, 0.3) is 0 Å². The molecule has 16 heavy (non-hydrogen) atoms. The number of fused-ring (bicyclic) bond motifs is 1. The number of para-hydroxylation sites is 1. The SMILES string of the molecule is O=C(O)c1oc2c(F)cccc2c1C1CC1. The van der Waals surface area contributed by atoms with Gasteiger partial charge in [-0.2, -0.15) is 0 Å². The van der Waals surface area contributed by atoms with Crippen molar-refractivity contribution in [1.82, 2.24) is 0 Å². The first-order chi connectivity index (χ1) is 7.68. The lowest BCUT2D eigenvalue weighted by molar-refractivity contribution is 0.0663. The molecule has 1 aromatic carbocycles. The number of hydrogen-bond acceptors (Lipinski definition) is 2. The van der Waals surface area contributed by atoms with E-state index in [4.69, 9.17) is 9.52 Å². The summed E-state index contributed by atoms with van der Waals surface area (Å²) in [5.41, 5.74) is 0.712. The molecular weight excluding hydrogens is 211 g/mol. The predicted octanol–water partition coefficient (Wildman–Crippen LogP) is 3.15. The van der Waals surface area contributed by atoms with Gasteiger partial charge in [-0.25, -0.2) is 9.18 Å². The second-order valence-electron chi connectivity index (χ2n) is 4.04. The summed E-state index contributed by atoms with van der Waals surface area (Å²) in [6, 6.07) is 4.56. The van der Waals surface area contributed by atoms with E-state index < -0.39 is 11.8 Å². The van der Waals surface area contributed by atoms with E-state index in [9.17, 15) is 9.18 Å². The van der Waals surface area contributed by atoms with Gasteiger partial charge in [0, 0.05) is 10.9 Å². The van der Waals surface area contributed by atoms with Gasteiger partial charge in [0.2, 0.25) is 5.76 Å². The third-order valence-electron chi connectivity index (χ3n) is 2.89. The number of carboxylic acid groups (broad SMARTS) is 1. The molecule has 0 unspecified atom stereocenters. The standard InChI is InChI=1S/C12H9FO3/c13-8-3-1-2-7-9(6-4-5-6)11(12(14)15)16-10(7)8/h1-3,6H,4-5H2,(H,14,15). The van der Waals surface area contributed by atoms with E-state index in [0.29, 0.717) is 10.9 Å². The maximum atomic E-state index is 13.4. The first-order valence-corrected chi connectivity index (χ1v) is 5.12. The van der Waals surface area contributed by atoms with E-state index in [1.54, 1.807) is 12.1 Å². The highest BCUT2D eigenvalue weighted by atomic mass is 19.1. The molecule has 2 aromatic rings. The number of hydrogen-bond donors (Lipinski definition) is 1. The third kappa shape index (κ3) is 1.23. The van der Waals surface area contributed by atoms with E-state index in [-0.39, 0.29) is 17.3 Å². The second-order valence-corrected chi connectivity index (χ2v) is 4.04. The summed E-state index contributed by atoms with van der Waals surface area (Å²) < 4.78 is 18.6. The van der Waals surface area contributed by atoms with E-state index in [0.717, 1.165) is 12.8 Å². The van der Waals surface area contributed by atoms with Gasteiger partial charge in [-0.1, -0.05) is 12.1 Å². The van der Waals surface area contributed by atoms with Crippen molar-refractivity contribution in [3.8, 4) is 0 Å². The summed E-state index contributed by atoms with van der Waals surface area (Å²) in [6.07, 6.45) is 1.90. The van der Waals surface area contributed by atoms with E-state index >= 15 is 0 Å². The summed E-state index contributed by atoms with van der Waals surface area (Å²) >= 11 is 0. The van der Waals surface area contributed by atoms with Crippen LogP contribution >= 0.6 is 0 Å². The zero-order valence-corrected chi connectivity index (χ0v) is 8.37. The van der Waals surface area contributed by atoms with E-state index in [1.807, 2.05) is 0 Å². The normalized spacial score (nSPS) is 15.6. The molecule has 0 bridgehead atoms. The Morgan fingerprint density at radius 1 is 1.44 bits per heavy atom. The number of carbonyl (C=O) groups is 1.